The summed E-state index contributed by atoms with van der Waals surface area (Å²) in [6.45, 7) is 0. The van der Waals surface area contributed by atoms with Gasteiger partial charge in [0.15, 0.2) is 0 Å². The molecular weight excluding hydrogens is 236 g/mol. The van der Waals surface area contributed by atoms with Crippen LogP contribution in [-0.2, 0) is 0 Å². The summed E-state index contributed by atoms with van der Waals surface area (Å²) >= 11 is 0. The van der Waals surface area contributed by atoms with Crippen LogP contribution in [-0.4, -0.2) is 14.5 Å². The van der Waals surface area contributed by atoms with Crippen molar-refractivity contribution in [2.24, 2.45) is 0 Å². The topological polar surface area (TPSA) is 0 Å². The molecule has 0 aromatic heterocycles. The molecule has 0 rings (SSSR count). The predicted octanol–water partition coefficient (Wildman–Crippen LogP) is -3.39. The summed E-state index contributed by atoms with van der Waals surface area (Å²) in [4.78, 5) is 0. The summed E-state index contributed by atoms with van der Waals surface area (Å²) in [6, 6.07) is 0. The molecule has 0 unspecified atom stereocenters. The van der Waals surface area contributed by atoms with Crippen molar-refractivity contribution >= 4 is 14.5 Å². The minimum Gasteiger partial charge on any atom is -0.418 e. The second-order valence-corrected chi connectivity index (χ2v) is 0.990. The van der Waals surface area contributed by atoms with E-state index < -0.39 is 14.5 Å². The van der Waals surface area contributed by atoms with Gasteiger partial charge in [0.05, 0.1) is 0 Å². The first-order valence-electron chi connectivity index (χ1n) is 1.75. The van der Waals surface area contributed by atoms with Crippen molar-refractivity contribution < 1.29 is 115 Å². The van der Waals surface area contributed by atoms with E-state index in [0.29, 0.717) is 0 Å². The Hall–Kier alpha value is 2.21. The molecule has 0 aromatic carbocycles. The summed E-state index contributed by atoms with van der Waals surface area (Å²) in [6.07, 6.45) is 0. The average molecular weight is 236 g/mol. The molecule has 12 heavy (non-hydrogen) atoms. The molecule has 0 bridgehead atoms. The summed E-state index contributed by atoms with van der Waals surface area (Å²) < 4.78 is 78.0. The summed E-state index contributed by atoms with van der Waals surface area (Å²) in [5.41, 5.74) is 0. The molecule has 0 aliphatic rings. The zero-order valence-electron chi connectivity index (χ0n) is 6.18. The van der Waals surface area contributed by atoms with Crippen molar-refractivity contribution in [3.63, 3.8) is 0 Å². The van der Waals surface area contributed by atoms with E-state index >= 15 is 0 Å². The molecule has 0 nitrogen and oxygen atoms in total. The number of rotatable bonds is 0. The smallest absolute Gasteiger partial charge is 0.418 e. The van der Waals surface area contributed by atoms with E-state index in [2.05, 4.69) is 0 Å². The SMILES string of the molecule is F[B-](F)(F)F.F[B-](F)(F)F.[K+].[Na+]. The molecule has 0 amide bonds. The fourth-order valence-corrected chi connectivity index (χ4v) is 0. The minimum atomic E-state index is -6.00. The van der Waals surface area contributed by atoms with Gasteiger partial charge >= 0.3 is 95.5 Å². The molecule has 0 aliphatic carbocycles. The van der Waals surface area contributed by atoms with Crippen molar-refractivity contribution in [1.82, 2.24) is 0 Å². The zero-order valence-corrected chi connectivity index (χ0v) is 11.3. The Morgan fingerprint density at radius 2 is 0.500 bits per heavy atom. The molecule has 0 spiro atoms. The van der Waals surface area contributed by atoms with Gasteiger partial charge in [-0.2, -0.15) is 0 Å². The molecule has 12 heteroatoms. The maximum atomic E-state index is 9.75. The van der Waals surface area contributed by atoms with Crippen LogP contribution in [0.15, 0.2) is 0 Å². The van der Waals surface area contributed by atoms with Crippen LogP contribution in [0, 0.1) is 0 Å². The van der Waals surface area contributed by atoms with Gasteiger partial charge in [-0.15, -0.1) is 0 Å². The number of halogens is 8. The average Bonchev–Trinajstić information content (AvgIpc) is 1.12. The van der Waals surface area contributed by atoms with Crippen molar-refractivity contribution in [2.75, 3.05) is 0 Å². The van der Waals surface area contributed by atoms with Gasteiger partial charge in [0.1, 0.15) is 0 Å². The van der Waals surface area contributed by atoms with Crippen LogP contribution in [0.25, 0.3) is 0 Å². The Kier molecular flexibility index (Phi) is 19.3. The summed E-state index contributed by atoms with van der Waals surface area (Å²) in [5, 5.41) is 0. The van der Waals surface area contributed by atoms with Gasteiger partial charge in [-0.1, -0.05) is 0 Å². The normalized spacial score (nSPS) is 10.0. The van der Waals surface area contributed by atoms with Crippen LogP contribution in [0.2, 0.25) is 0 Å². The van der Waals surface area contributed by atoms with E-state index in [9.17, 15) is 34.5 Å². The molecule has 0 fully saturated rings. The molecule has 0 aromatic rings. The van der Waals surface area contributed by atoms with Gasteiger partial charge in [-0.3, -0.25) is 0 Å². The van der Waals surface area contributed by atoms with E-state index in [1.54, 1.807) is 0 Å². The van der Waals surface area contributed by atoms with Gasteiger partial charge in [0.25, 0.3) is 0 Å². The van der Waals surface area contributed by atoms with Gasteiger partial charge in [-0.05, 0) is 0 Å². The Morgan fingerprint density at radius 3 is 0.500 bits per heavy atom. The van der Waals surface area contributed by atoms with Crippen LogP contribution in [0.5, 0.6) is 0 Å². The fourth-order valence-electron chi connectivity index (χ4n) is 0. The second kappa shape index (κ2) is 9.75. The molecule has 0 saturated heterocycles. The Labute approximate surface area is 128 Å². The van der Waals surface area contributed by atoms with Crippen molar-refractivity contribution in [3.05, 3.63) is 0 Å². The third-order valence-corrected chi connectivity index (χ3v) is 0. The maximum Gasteiger partial charge on any atom is 1.00 e. The molecule has 0 atom stereocenters. The van der Waals surface area contributed by atoms with Crippen molar-refractivity contribution in [3.8, 4) is 0 Å². The van der Waals surface area contributed by atoms with E-state index in [4.69, 9.17) is 0 Å². The first-order valence-corrected chi connectivity index (χ1v) is 1.75. The summed E-state index contributed by atoms with van der Waals surface area (Å²) in [7, 11) is -12.0. The molecule has 64 valence electrons. The van der Waals surface area contributed by atoms with E-state index in [-0.39, 0.29) is 80.9 Å². The van der Waals surface area contributed by atoms with Crippen LogP contribution < -0.4 is 80.9 Å². The van der Waals surface area contributed by atoms with Gasteiger partial charge in [0.2, 0.25) is 0 Å². The van der Waals surface area contributed by atoms with E-state index in [1.165, 1.54) is 0 Å². The first kappa shape index (κ1) is 23.8. The van der Waals surface area contributed by atoms with Gasteiger partial charge < -0.3 is 34.5 Å². The Balaban J connectivity index is -0.0000000457. The largest absolute Gasteiger partial charge is 1.00 e. The molecular formula is B2F8KNa. The first-order chi connectivity index (χ1) is 4.00. The van der Waals surface area contributed by atoms with E-state index in [0.717, 1.165) is 0 Å². The van der Waals surface area contributed by atoms with E-state index in [1.807, 2.05) is 0 Å². The number of hydrogen-bond donors (Lipinski definition) is 0. The monoisotopic (exact) mass is 236 g/mol. The van der Waals surface area contributed by atoms with Crippen LogP contribution in [0.1, 0.15) is 0 Å². The maximum absolute atomic E-state index is 9.75. The van der Waals surface area contributed by atoms with Crippen LogP contribution in [0.4, 0.5) is 34.5 Å². The van der Waals surface area contributed by atoms with Crippen molar-refractivity contribution in [1.29, 1.82) is 0 Å². The standard InChI is InChI=1S/2BF4.K.Na/c2*2-1(3,4)5;;/q2*-1;2*+1. The quantitative estimate of drug-likeness (QED) is 0.304. The summed E-state index contributed by atoms with van der Waals surface area (Å²) in [5.74, 6) is 0. The van der Waals surface area contributed by atoms with Gasteiger partial charge in [0, 0.05) is 0 Å². The predicted molar refractivity (Wildman–Crippen MR) is 20.4 cm³/mol. The molecule has 0 heterocycles. The van der Waals surface area contributed by atoms with Gasteiger partial charge in [-0.25, -0.2) is 0 Å². The van der Waals surface area contributed by atoms with Crippen molar-refractivity contribution in [2.45, 2.75) is 0 Å². The molecule has 0 saturated carbocycles. The molecule has 0 N–H and O–H groups in total. The zero-order chi connectivity index (χ0) is 9.00. The van der Waals surface area contributed by atoms with Crippen LogP contribution in [0.3, 0.4) is 0 Å². The Morgan fingerprint density at radius 1 is 0.500 bits per heavy atom. The molecule has 0 aliphatic heterocycles. The minimum absolute atomic E-state index is 0. The van der Waals surface area contributed by atoms with Crippen LogP contribution >= 0.6 is 0 Å². The number of hydrogen-bond acceptors (Lipinski definition) is 0. The molecule has 0 radical (unpaired) electrons. The fraction of sp³-hybridized carbons (Fsp3) is 0. The Bertz CT molecular complexity index is 60.0. The third-order valence-electron chi connectivity index (χ3n) is 0. The second-order valence-electron chi connectivity index (χ2n) is 0.990. The third kappa shape index (κ3) is 315.